The van der Waals surface area contributed by atoms with E-state index in [0.717, 1.165) is 0 Å². The third-order valence-electron chi connectivity index (χ3n) is 4.63. The number of aromatic nitrogens is 3. The van der Waals surface area contributed by atoms with Crippen molar-refractivity contribution >= 4 is 30.5 Å². The first-order chi connectivity index (χ1) is 15.2. The molecule has 1 aliphatic rings. The second-order valence-electron chi connectivity index (χ2n) is 7.10. The van der Waals surface area contributed by atoms with E-state index in [9.17, 15) is 18.8 Å². The van der Waals surface area contributed by atoms with Crippen LogP contribution in [-0.4, -0.2) is 63.3 Å². The van der Waals surface area contributed by atoms with Gasteiger partial charge in [0, 0.05) is 26.3 Å². The number of carbonyl (C=O) groups is 3. The van der Waals surface area contributed by atoms with Gasteiger partial charge in [-0.15, -0.1) is 17.7 Å². The lowest BCUT2D eigenvalue weighted by Crippen LogP contribution is -2.57. The molecule has 0 spiro atoms. The predicted molar refractivity (Wildman–Crippen MR) is 110 cm³/mol. The van der Waals surface area contributed by atoms with Gasteiger partial charge in [0.15, 0.2) is 12.2 Å². The predicted octanol–water partition coefficient (Wildman–Crippen LogP) is 1.71. The van der Waals surface area contributed by atoms with Gasteiger partial charge in [0.1, 0.15) is 35.7 Å². The molecule has 0 bridgehead atoms. The zero-order valence-electron chi connectivity index (χ0n) is 17.5. The topological polar surface area (TPSA) is 119 Å². The van der Waals surface area contributed by atoms with Gasteiger partial charge in [0.05, 0.1) is 6.20 Å². The van der Waals surface area contributed by atoms with Crippen molar-refractivity contribution in [3.63, 3.8) is 0 Å². The lowest BCUT2D eigenvalue weighted by Gasteiger charge is -2.43. The molecule has 5 atom stereocenters. The Kier molecular flexibility index (Phi) is 7.46. The summed E-state index contributed by atoms with van der Waals surface area (Å²) in [6.07, 6.45) is -1.53. The van der Waals surface area contributed by atoms with E-state index >= 15 is 0 Å². The summed E-state index contributed by atoms with van der Waals surface area (Å²) in [7, 11) is 0. The van der Waals surface area contributed by atoms with Gasteiger partial charge in [0.2, 0.25) is 0 Å². The van der Waals surface area contributed by atoms with Gasteiger partial charge in [-0.05, 0) is 12.1 Å². The second-order valence-corrected chi connectivity index (χ2v) is 7.61. The van der Waals surface area contributed by atoms with E-state index in [1.165, 1.54) is 49.8 Å². The fourth-order valence-electron chi connectivity index (χ4n) is 3.40. The Morgan fingerprint density at radius 3 is 2.44 bits per heavy atom. The van der Waals surface area contributed by atoms with Crippen molar-refractivity contribution in [1.29, 1.82) is 0 Å². The largest absolute Gasteiger partial charge is 0.463 e. The first-order valence-electron chi connectivity index (χ1n) is 9.65. The number of nitrogens with zero attached hydrogens (tertiary/aromatic N) is 3. The normalized spacial score (nSPS) is 25.1. The minimum Gasteiger partial charge on any atom is -0.463 e. The molecule has 2 aromatic rings. The number of esters is 3. The van der Waals surface area contributed by atoms with Crippen LogP contribution in [0.3, 0.4) is 0 Å². The highest BCUT2D eigenvalue weighted by Gasteiger charge is 2.50. The number of carbonyl (C=O) groups excluding carboxylic acids is 3. The molecule has 12 heteroatoms. The SMILES string of the molecule is CC(=O)OC[C@H]1O[C@@H](S)[C@H](OC(C)=O)[C@@H](n2cc(-c3cccc(F)c3)nn2)[C@H]1OC(C)=O. The molecule has 0 unspecified atom stereocenters. The number of thiol groups is 1. The molecule has 0 amide bonds. The average Bonchev–Trinajstić information content (AvgIpc) is 3.18. The van der Waals surface area contributed by atoms with Crippen LogP contribution in [0.5, 0.6) is 0 Å². The Bertz CT molecular complexity index is 1000. The van der Waals surface area contributed by atoms with Crippen LogP contribution in [0.4, 0.5) is 4.39 Å². The molecule has 1 saturated heterocycles. The molecule has 172 valence electrons. The highest BCUT2D eigenvalue weighted by Crippen LogP contribution is 2.36. The molecule has 1 fully saturated rings. The minimum atomic E-state index is -1.07. The third kappa shape index (κ3) is 5.62. The molecule has 0 radical (unpaired) electrons. The number of benzene rings is 1. The van der Waals surface area contributed by atoms with E-state index in [2.05, 4.69) is 22.9 Å². The van der Waals surface area contributed by atoms with Gasteiger partial charge in [-0.25, -0.2) is 9.07 Å². The van der Waals surface area contributed by atoms with Gasteiger partial charge < -0.3 is 18.9 Å². The summed E-state index contributed by atoms with van der Waals surface area (Å²) in [6.45, 7) is 3.40. The van der Waals surface area contributed by atoms with E-state index < -0.39 is 53.5 Å². The second kappa shape index (κ2) is 10.1. The van der Waals surface area contributed by atoms with Crippen LogP contribution in [0.15, 0.2) is 30.5 Å². The standard InChI is InChI=1S/C20H22FN3O7S/c1-10(25)28-9-16-18(29-11(2)26)17(19(20(32)31-16)30-12(3)27)24-8-15(22-23-24)13-5-4-6-14(21)7-13/h4-8,16-20,32H,9H2,1-3H3/t16-,17+,18+,19-,20+/m1/s1. The summed E-state index contributed by atoms with van der Waals surface area (Å²) in [5.41, 5.74) is -0.153. The van der Waals surface area contributed by atoms with Crippen LogP contribution in [0.1, 0.15) is 26.8 Å². The number of hydrogen-bond donors (Lipinski definition) is 1. The van der Waals surface area contributed by atoms with E-state index in [4.69, 9.17) is 18.9 Å². The number of ether oxygens (including phenoxy) is 4. The first kappa shape index (κ1) is 23.7. The zero-order chi connectivity index (χ0) is 23.4. The van der Waals surface area contributed by atoms with Crippen LogP contribution in [0.25, 0.3) is 11.3 Å². The van der Waals surface area contributed by atoms with Crippen LogP contribution < -0.4 is 0 Å². The maximum Gasteiger partial charge on any atom is 0.303 e. The third-order valence-corrected chi connectivity index (χ3v) is 5.04. The maximum atomic E-state index is 13.6. The summed E-state index contributed by atoms with van der Waals surface area (Å²) in [6, 6.07) is 4.84. The highest BCUT2D eigenvalue weighted by molar-refractivity contribution is 7.80. The maximum absolute atomic E-state index is 13.6. The van der Waals surface area contributed by atoms with Crippen molar-refractivity contribution in [2.24, 2.45) is 0 Å². The lowest BCUT2D eigenvalue weighted by molar-refractivity contribution is -0.211. The van der Waals surface area contributed by atoms with Crippen LogP contribution in [0.2, 0.25) is 0 Å². The monoisotopic (exact) mass is 467 g/mol. The van der Waals surface area contributed by atoms with Gasteiger partial charge in [-0.1, -0.05) is 17.3 Å². The molecule has 2 heterocycles. The Labute approximate surface area is 188 Å². The molecular formula is C20H22FN3O7S. The van der Waals surface area contributed by atoms with Crippen molar-refractivity contribution in [3.05, 3.63) is 36.3 Å². The molecule has 0 N–H and O–H groups in total. The Hall–Kier alpha value is -2.99. The summed E-state index contributed by atoms with van der Waals surface area (Å²) in [4.78, 5) is 34.9. The van der Waals surface area contributed by atoms with E-state index in [0.29, 0.717) is 11.3 Å². The van der Waals surface area contributed by atoms with Crippen molar-refractivity contribution in [2.75, 3.05) is 6.61 Å². The molecule has 1 aromatic carbocycles. The van der Waals surface area contributed by atoms with E-state index in [1.807, 2.05) is 0 Å². The van der Waals surface area contributed by atoms with Crippen molar-refractivity contribution < 1.29 is 37.7 Å². The molecule has 0 aliphatic carbocycles. The van der Waals surface area contributed by atoms with Crippen LogP contribution >= 0.6 is 12.6 Å². The fourth-order valence-corrected chi connectivity index (χ4v) is 3.80. The van der Waals surface area contributed by atoms with Gasteiger partial charge in [-0.3, -0.25) is 14.4 Å². The number of rotatable bonds is 6. The van der Waals surface area contributed by atoms with Crippen LogP contribution in [0, 0.1) is 5.82 Å². The van der Waals surface area contributed by atoms with E-state index in [1.54, 1.807) is 6.07 Å². The van der Waals surface area contributed by atoms with Gasteiger partial charge in [-0.2, -0.15) is 0 Å². The zero-order valence-corrected chi connectivity index (χ0v) is 18.4. The molecule has 10 nitrogen and oxygen atoms in total. The Morgan fingerprint density at radius 2 is 1.81 bits per heavy atom. The molecule has 3 rings (SSSR count). The van der Waals surface area contributed by atoms with Crippen molar-refractivity contribution in [3.8, 4) is 11.3 Å². The minimum absolute atomic E-state index is 0.237. The quantitative estimate of drug-likeness (QED) is 0.385. The summed E-state index contributed by atoms with van der Waals surface area (Å²) in [5.74, 6) is -2.26. The van der Waals surface area contributed by atoms with Crippen molar-refractivity contribution in [1.82, 2.24) is 15.0 Å². The van der Waals surface area contributed by atoms with Gasteiger partial charge >= 0.3 is 17.9 Å². The number of hydrogen-bond acceptors (Lipinski definition) is 10. The highest BCUT2D eigenvalue weighted by atomic mass is 32.1. The Morgan fingerprint density at radius 1 is 1.12 bits per heavy atom. The Balaban J connectivity index is 2.02. The average molecular weight is 467 g/mol. The van der Waals surface area contributed by atoms with E-state index in [-0.39, 0.29) is 6.61 Å². The lowest BCUT2D eigenvalue weighted by atomic mass is 9.96. The molecule has 0 saturated carbocycles. The summed E-state index contributed by atoms with van der Waals surface area (Å²) < 4.78 is 36.6. The molecule has 1 aromatic heterocycles. The van der Waals surface area contributed by atoms with Crippen molar-refractivity contribution in [2.45, 2.75) is 50.6 Å². The number of halogens is 1. The first-order valence-corrected chi connectivity index (χ1v) is 10.2. The smallest absolute Gasteiger partial charge is 0.303 e. The molecule has 32 heavy (non-hydrogen) atoms. The summed E-state index contributed by atoms with van der Waals surface area (Å²) in [5, 5.41) is 8.16. The molecule has 1 aliphatic heterocycles. The summed E-state index contributed by atoms with van der Waals surface area (Å²) >= 11 is 4.37. The van der Waals surface area contributed by atoms with Gasteiger partial charge in [0.25, 0.3) is 0 Å². The van der Waals surface area contributed by atoms with Crippen LogP contribution in [-0.2, 0) is 33.3 Å². The molecular weight excluding hydrogens is 445 g/mol. The fraction of sp³-hybridized carbons (Fsp3) is 0.450.